The summed E-state index contributed by atoms with van der Waals surface area (Å²) in [6, 6.07) is 13.4. The number of nitrogens with zero attached hydrogens (tertiary/aromatic N) is 2. The second-order valence-electron chi connectivity index (χ2n) is 5.23. The number of hydrogen-bond acceptors (Lipinski definition) is 5. The van der Waals surface area contributed by atoms with Crippen molar-refractivity contribution < 1.29 is 14.4 Å². The maximum Gasteiger partial charge on any atom is 0.269 e. The molecule has 0 saturated heterocycles. The molecule has 0 aliphatic rings. The second-order valence-corrected chi connectivity index (χ2v) is 5.23. The number of hydrogen-bond donors (Lipinski definition) is 0. The third-order valence-electron chi connectivity index (χ3n) is 3.47. The van der Waals surface area contributed by atoms with Gasteiger partial charge in [0.05, 0.1) is 30.3 Å². The molecular weight excluding hydrogens is 320 g/mol. The molecule has 0 aromatic heterocycles. The Hall–Kier alpha value is -3.33. The van der Waals surface area contributed by atoms with Crippen molar-refractivity contribution in [1.82, 2.24) is 0 Å². The van der Waals surface area contributed by atoms with Gasteiger partial charge in [-0.05, 0) is 47.9 Å². The summed E-state index contributed by atoms with van der Waals surface area (Å²) in [6.07, 6.45) is 2.59. The zero-order valence-corrected chi connectivity index (χ0v) is 14.1. The topological polar surface area (TPSA) is 85.4 Å². The molecule has 6 heteroatoms. The van der Waals surface area contributed by atoms with Gasteiger partial charge in [0.25, 0.3) is 5.69 Å². The van der Waals surface area contributed by atoms with Crippen LogP contribution in [0.3, 0.4) is 0 Å². The lowest BCUT2D eigenvalue weighted by Gasteiger charge is -2.10. The maximum absolute atomic E-state index is 10.7. The highest BCUT2D eigenvalue weighted by atomic mass is 16.6. The van der Waals surface area contributed by atoms with Crippen LogP contribution < -0.4 is 9.47 Å². The molecule has 2 aromatic carbocycles. The Bertz CT molecular complexity index is 820. The molecule has 6 nitrogen and oxygen atoms in total. The number of methoxy groups -OCH3 is 1. The Morgan fingerprint density at radius 3 is 2.52 bits per heavy atom. The summed E-state index contributed by atoms with van der Waals surface area (Å²) in [7, 11) is 1.56. The molecule has 0 saturated carbocycles. The Labute approximate surface area is 146 Å². The van der Waals surface area contributed by atoms with Gasteiger partial charge in [0.1, 0.15) is 0 Å². The van der Waals surface area contributed by atoms with E-state index in [2.05, 4.69) is 6.07 Å². The van der Waals surface area contributed by atoms with E-state index >= 15 is 0 Å². The van der Waals surface area contributed by atoms with E-state index in [9.17, 15) is 15.4 Å². The SMILES string of the molecule is CCCOc1ccc(C=C(C#N)c2ccc([N+](=O)[O-])cc2)cc1OC. The molecular formula is C19H18N2O4. The summed E-state index contributed by atoms with van der Waals surface area (Å²) in [5.41, 5.74) is 1.77. The number of nitro groups is 1. The Kier molecular flexibility index (Phi) is 6.13. The van der Waals surface area contributed by atoms with Crippen molar-refractivity contribution in [2.45, 2.75) is 13.3 Å². The van der Waals surface area contributed by atoms with Gasteiger partial charge in [-0.25, -0.2) is 0 Å². The number of allylic oxidation sites excluding steroid dienone is 1. The van der Waals surface area contributed by atoms with Gasteiger partial charge in [-0.3, -0.25) is 10.1 Å². The molecule has 2 aromatic rings. The Morgan fingerprint density at radius 1 is 1.24 bits per heavy atom. The number of nitriles is 1. The lowest BCUT2D eigenvalue weighted by Crippen LogP contribution is -1.97. The average Bonchev–Trinajstić information content (AvgIpc) is 2.64. The van der Waals surface area contributed by atoms with E-state index in [-0.39, 0.29) is 5.69 Å². The molecule has 0 aliphatic heterocycles. The molecule has 0 bridgehead atoms. The summed E-state index contributed by atoms with van der Waals surface area (Å²) < 4.78 is 10.9. The molecule has 2 rings (SSSR count). The van der Waals surface area contributed by atoms with Gasteiger partial charge < -0.3 is 9.47 Å². The Balaban J connectivity index is 2.32. The standard InChI is InChI=1S/C19H18N2O4/c1-3-10-25-18-9-4-14(12-19(18)24-2)11-16(13-20)15-5-7-17(8-6-15)21(22)23/h4-9,11-12H,3,10H2,1-2H3. The zero-order valence-electron chi connectivity index (χ0n) is 14.1. The van der Waals surface area contributed by atoms with E-state index < -0.39 is 4.92 Å². The quantitative estimate of drug-likeness (QED) is 0.322. The molecule has 0 N–H and O–H groups in total. The van der Waals surface area contributed by atoms with Crippen molar-refractivity contribution in [2.75, 3.05) is 13.7 Å². The van der Waals surface area contributed by atoms with Gasteiger partial charge in [0.15, 0.2) is 11.5 Å². The van der Waals surface area contributed by atoms with Crippen LogP contribution in [0.5, 0.6) is 11.5 Å². The summed E-state index contributed by atoms with van der Waals surface area (Å²) in [5.74, 6) is 1.23. The van der Waals surface area contributed by atoms with Crippen LogP contribution in [0.4, 0.5) is 5.69 Å². The summed E-state index contributed by atoms with van der Waals surface area (Å²) in [4.78, 5) is 10.2. The van der Waals surface area contributed by atoms with E-state index in [0.717, 1.165) is 12.0 Å². The zero-order chi connectivity index (χ0) is 18.2. The van der Waals surface area contributed by atoms with Crippen LogP contribution in [-0.4, -0.2) is 18.6 Å². The van der Waals surface area contributed by atoms with E-state index in [1.54, 1.807) is 37.5 Å². The summed E-state index contributed by atoms with van der Waals surface area (Å²) in [6.45, 7) is 2.62. The normalized spacial score (nSPS) is 10.8. The first-order chi connectivity index (χ1) is 12.1. The third kappa shape index (κ3) is 4.58. The first-order valence-electron chi connectivity index (χ1n) is 7.76. The monoisotopic (exact) mass is 338 g/mol. The minimum absolute atomic E-state index is 0.0138. The van der Waals surface area contributed by atoms with Crippen molar-refractivity contribution in [3.05, 3.63) is 63.7 Å². The van der Waals surface area contributed by atoms with Crippen molar-refractivity contribution in [2.24, 2.45) is 0 Å². The summed E-state index contributed by atoms with van der Waals surface area (Å²) in [5, 5.41) is 20.1. The second kappa shape index (κ2) is 8.50. The van der Waals surface area contributed by atoms with Crippen LogP contribution in [0, 0.1) is 21.4 Å². The minimum atomic E-state index is -0.473. The molecule has 128 valence electrons. The molecule has 0 spiro atoms. The van der Waals surface area contributed by atoms with E-state index in [1.165, 1.54) is 12.1 Å². The highest BCUT2D eigenvalue weighted by molar-refractivity contribution is 5.90. The van der Waals surface area contributed by atoms with E-state index in [4.69, 9.17) is 9.47 Å². The van der Waals surface area contributed by atoms with Crippen LogP contribution in [0.25, 0.3) is 11.6 Å². The highest BCUT2D eigenvalue weighted by Gasteiger charge is 2.09. The van der Waals surface area contributed by atoms with E-state index in [1.807, 2.05) is 13.0 Å². The lowest BCUT2D eigenvalue weighted by atomic mass is 10.0. The highest BCUT2D eigenvalue weighted by Crippen LogP contribution is 2.30. The van der Waals surface area contributed by atoms with Crippen LogP contribution in [0.2, 0.25) is 0 Å². The minimum Gasteiger partial charge on any atom is -0.493 e. The first kappa shape index (κ1) is 18.0. The van der Waals surface area contributed by atoms with Crippen molar-refractivity contribution in [3.63, 3.8) is 0 Å². The molecule has 0 amide bonds. The van der Waals surface area contributed by atoms with Crippen molar-refractivity contribution in [1.29, 1.82) is 5.26 Å². The van der Waals surface area contributed by atoms with Gasteiger partial charge in [0.2, 0.25) is 0 Å². The Morgan fingerprint density at radius 2 is 1.96 bits per heavy atom. The fraction of sp³-hybridized carbons (Fsp3) is 0.211. The fourth-order valence-corrected chi connectivity index (χ4v) is 2.21. The van der Waals surface area contributed by atoms with Crippen molar-refractivity contribution >= 4 is 17.3 Å². The predicted octanol–water partition coefficient (Wildman–Crippen LogP) is 4.46. The van der Waals surface area contributed by atoms with Gasteiger partial charge in [-0.15, -0.1) is 0 Å². The first-order valence-corrected chi connectivity index (χ1v) is 7.76. The molecule has 0 aliphatic carbocycles. The van der Waals surface area contributed by atoms with Gasteiger partial charge in [-0.2, -0.15) is 5.26 Å². The van der Waals surface area contributed by atoms with Crippen LogP contribution >= 0.6 is 0 Å². The molecule has 25 heavy (non-hydrogen) atoms. The molecule has 0 unspecified atom stereocenters. The van der Waals surface area contributed by atoms with Gasteiger partial charge in [0, 0.05) is 12.1 Å². The number of rotatable bonds is 7. The fourth-order valence-electron chi connectivity index (χ4n) is 2.21. The van der Waals surface area contributed by atoms with Crippen molar-refractivity contribution in [3.8, 4) is 17.6 Å². The predicted molar refractivity (Wildman–Crippen MR) is 95.4 cm³/mol. The van der Waals surface area contributed by atoms with Gasteiger partial charge >= 0.3 is 0 Å². The lowest BCUT2D eigenvalue weighted by molar-refractivity contribution is -0.384. The number of nitro benzene ring substituents is 1. The molecule has 0 atom stereocenters. The number of benzene rings is 2. The van der Waals surface area contributed by atoms with Gasteiger partial charge in [-0.1, -0.05) is 13.0 Å². The third-order valence-corrected chi connectivity index (χ3v) is 3.47. The largest absolute Gasteiger partial charge is 0.493 e. The van der Waals surface area contributed by atoms with E-state index in [0.29, 0.717) is 29.2 Å². The molecule has 0 radical (unpaired) electrons. The summed E-state index contributed by atoms with van der Waals surface area (Å²) >= 11 is 0. The number of non-ortho nitro benzene ring substituents is 1. The average molecular weight is 338 g/mol. The van der Waals surface area contributed by atoms with Crippen LogP contribution in [-0.2, 0) is 0 Å². The molecule has 0 fully saturated rings. The number of ether oxygens (including phenoxy) is 2. The smallest absolute Gasteiger partial charge is 0.269 e. The van der Waals surface area contributed by atoms with Crippen LogP contribution in [0.1, 0.15) is 24.5 Å². The molecule has 0 heterocycles. The maximum atomic E-state index is 10.7. The van der Waals surface area contributed by atoms with Crippen LogP contribution in [0.15, 0.2) is 42.5 Å².